The molecule has 0 radical (unpaired) electrons. The first kappa shape index (κ1) is 11.6. The molecule has 0 amide bonds. The first-order chi connectivity index (χ1) is 9.26. The van der Waals surface area contributed by atoms with Gasteiger partial charge in [0.2, 0.25) is 0 Å². The Kier molecular flexibility index (Phi) is 2.83. The molecule has 0 fully saturated rings. The van der Waals surface area contributed by atoms with Gasteiger partial charge in [-0.05, 0) is 25.1 Å². The number of nitrogens with one attached hydrogen (secondary N) is 3. The topological polar surface area (TPSA) is 78.5 Å². The quantitative estimate of drug-likeness (QED) is 0.665. The summed E-state index contributed by atoms with van der Waals surface area (Å²) in [7, 11) is 0. The van der Waals surface area contributed by atoms with Crippen molar-refractivity contribution in [1.29, 1.82) is 0 Å². The third-order valence-corrected chi connectivity index (χ3v) is 3.13. The molecule has 3 aromatic rings. The second-order valence-corrected chi connectivity index (χ2v) is 4.36. The summed E-state index contributed by atoms with van der Waals surface area (Å²) in [5.74, 6) is 0. The lowest BCUT2D eigenvalue weighted by molar-refractivity contribution is 0.719. The zero-order chi connectivity index (χ0) is 13.2. The number of benzene rings is 1. The van der Waals surface area contributed by atoms with Gasteiger partial charge < -0.3 is 19.9 Å². The van der Waals surface area contributed by atoms with E-state index in [0.29, 0.717) is 6.54 Å². The lowest BCUT2D eigenvalue weighted by atomic mass is 10.2. The number of aryl methyl sites for hydroxylation is 1. The van der Waals surface area contributed by atoms with Gasteiger partial charge in [-0.2, -0.15) is 0 Å². The van der Waals surface area contributed by atoms with E-state index in [1.54, 1.807) is 0 Å². The van der Waals surface area contributed by atoms with Gasteiger partial charge in [0, 0.05) is 18.4 Å². The van der Waals surface area contributed by atoms with Crippen LogP contribution in [0.5, 0.6) is 0 Å². The SMILES string of the molecule is CCn1cncc1CNc1ccc2[nH]c(=O)[nH]c2c1. The van der Waals surface area contributed by atoms with Gasteiger partial charge in [-0.3, -0.25) is 0 Å². The lowest BCUT2D eigenvalue weighted by Crippen LogP contribution is -2.05. The minimum atomic E-state index is -0.184. The van der Waals surface area contributed by atoms with Gasteiger partial charge in [-0.25, -0.2) is 9.78 Å². The van der Waals surface area contributed by atoms with E-state index in [1.807, 2.05) is 30.7 Å². The molecular formula is C13H15N5O. The first-order valence-corrected chi connectivity index (χ1v) is 6.21. The maximum Gasteiger partial charge on any atom is 0.323 e. The standard InChI is InChI=1S/C13H15N5O/c1-2-18-8-14-6-10(18)7-15-9-3-4-11-12(5-9)17-13(19)16-11/h3-6,8,15H,2,7H2,1H3,(H2,16,17,19). The number of imidazole rings is 2. The van der Waals surface area contributed by atoms with Gasteiger partial charge in [-0.1, -0.05) is 0 Å². The summed E-state index contributed by atoms with van der Waals surface area (Å²) >= 11 is 0. The molecule has 0 spiro atoms. The minimum Gasteiger partial charge on any atom is -0.379 e. The number of aromatic nitrogens is 4. The van der Waals surface area contributed by atoms with Crippen molar-refractivity contribution in [2.24, 2.45) is 0 Å². The van der Waals surface area contributed by atoms with Crippen LogP contribution in [0, 0.1) is 0 Å². The molecule has 0 aliphatic heterocycles. The smallest absolute Gasteiger partial charge is 0.323 e. The molecule has 1 aromatic carbocycles. The summed E-state index contributed by atoms with van der Waals surface area (Å²) in [6, 6.07) is 5.74. The van der Waals surface area contributed by atoms with E-state index in [1.165, 1.54) is 0 Å². The van der Waals surface area contributed by atoms with Crippen LogP contribution in [0.2, 0.25) is 0 Å². The maximum absolute atomic E-state index is 11.2. The highest BCUT2D eigenvalue weighted by Gasteiger charge is 2.02. The predicted octanol–water partition coefficient (Wildman–Crippen LogP) is 1.68. The van der Waals surface area contributed by atoms with E-state index in [2.05, 4.69) is 31.8 Å². The van der Waals surface area contributed by atoms with Crippen molar-refractivity contribution < 1.29 is 0 Å². The van der Waals surface area contributed by atoms with Gasteiger partial charge in [0.15, 0.2) is 0 Å². The van der Waals surface area contributed by atoms with Crippen molar-refractivity contribution >= 4 is 16.7 Å². The van der Waals surface area contributed by atoms with Gasteiger partial charge in [0.1, 0.15) is 0 Å². The van der Waals surface area contributed by atoms with E-state index in [-0.39, 0.29) is 5.69 Å². The number of hydrogen-bond acceptors (Lipinski definition) is 3. The molecule has 6 heteroatoms. The van der Waals surface area contributed by atoms with Gasteiger partial charge in [0.05, 0.1) is 29.6 Å². The number of aromatic amines is 2. The van der Waals surface area contributed by atoms with Gasteiger partial charge in [0.25, 0.3) is 0 Å². The van der Waals surface area contributed by atoms with Crippen LogP contribution in [0.4, 0.5) is 5.69 Å². The molecule has 3 rings (SSSR count). The Morgan fingerprint density at radius 3 is 3.00 bits per heavy atom. The Morgan fingerprint density at radius 2 is 2.16 bits per heavy atom. The molecule has 0 aliphatic carbocycles. The fourth-order valence-electron chi connectivity index (χ4n) is 2.12. The number of fused-ring (bicyclic) bond motifs is 1. The maximum atomic E-state index is 11.2. The Morgan fingerprint density at radius 1 is 1.32 bits per heavy atom. The molecule has 2 aromatic heterocycles. The number of anilines is 1. The molecule has 0 atom stereocenters. The Labute approximate surface area is 109 Å². The highest BCUT2D eigenvalue weighted by Crippen LogP contribution is 2.15. The average Bonchev–Trinajstić information content (AvgIpc) is 3.00. The second kappa shape index (κ2) is 4.64. The van der Waals surface area contributed by atoms with Gasteiger partial charge in [-0.15, -0.1) is 0 Å². The van der Waals surface area contributed by atoms with Crippen LogP contribution in [0.1, 0.15) is 12.6 Å². The number of H-pyrrole nitrogens is 2. The van der Waals surface area contributed by atoms with Crippen LogP contribution in [0.25, 0.3) is 11.0 Å². The van der Waals surface area contributed by atoms with Crippen LogP contribution in [0.15, 0.2) is 35.5 Å². The zero-order valence-corrected chi connectivity index (χ0v) is 10.6. The van der Waals surface area contributed by atoms with E-state index >= 15 is 0 Å². The summed E-state index contributed by atoms with van der Waals surface area (Å²) in [5.41, 5.74) is 3.53. The van der Waals surface area contributed by atoms with Crippen LogP contribution in [-0.2, 0) is 13.1 Å². The summed E-state index contributed by atoms with van der Waals surface area (Å²) in [6.07, 6.45) is 3.68. The third kappa shape index (κ3) is 2.24. The van der Waals surface area contributed by atoms with Crippen molar-refractivity contribution in [1.82, 2.24) is 19.5 Å². The normalized spacial score (nSPS) is 11.0. The third-order valence-electron chi connectivity index (χ3n) is 3.13. The van der Waals surface area contributed by atoms with Crippen LogP contribution in [0.3, 0.4) is 0 Å². The number of rotatable bonds is 4. The summed E-state index contributed by atoms with van der Waals surface area (Å²) in [4.78, 5) is 20.8. The Bertz CT molecular complexity index is 752. The zero-order valence-electron chi connectivity index (χ0n) is 10.6. The summed E-state index contributed by atoms with van der Waals surface area (Å²) in [5, 5.41) is 3.33. The highest BCUT2D eigenvalue weighted by atomic mass is 16.1. The van der Waals surface area contributed by atoms with Crippen molar-refractivity contribution in [3.8, 4) is 0 Å². The number of hydrogen-bond donors (Lipinski definition) is 3. The molecule has 0 saturated carbocycles. The minimum absolute atomic E-state index is 0.184. The molecule has 3 N–H and O–H groups in total. The van der Waals surface area contributed by atoms with E-state index < -0.39 is 0 Å². The second-order valence-electron chi connectivity index (χ2n) is 4.36. The summed E-state index contributed by atoms with van der Waals surface area (Å²) < 4.78 is 2.09. The summed E-state index contributed by atoms with van der Waals surface area (Å²) in [6.45, 7) is 3.69. The van der Waals surface area contributed by atoms with Crippen molar-refractivity contribution in [3.05, 3.63) is 46.9 Å². The van der Waals surface area contributed by atoms with Crippen LogP contribution >= 0.6 is 0 Å². The largest absolute Gasteiger partial charge is 0.379 e. The van der Waals surface area contributed by atoms with Crippen molar-refractivity contribution in [3.63, 3.8) is 0 Å². The molecular weight excluding hydrogens is 242 g/mol. The Hall–Kier alpha value is -2.50. The van der Waals surface area contributed by atoms with Crippen molar-refractivity contribution in [2.75, 3.05) is 5.32 Å². The first-order valence-electron chi connectivity index (χ1n) is 6.21. The van der Waals surface area contributed by atoms with E-state index in [0.717, 1.165) is 29.0 Å². The molecule has 0 aliphatic rings. The lowest BCUT2D eigenvalue weighted by Gasteiger charge is -2.08. The average molecular weight is 257 g/mol. The van der Waals surface area contributed by atoms with Crippen molar-refractivity contribution in [2.45, 2.75) is 20.0 Å². The molecule has 19 heavy (non-hydrogen) atoms. The van der Waals surface area contributed by atoms with E-state index in [4.69, 9.17) is 0 Å². The molecule has 0 bridgehead atoms. The Balaban J connectivity index is 1.79. The molecule has 0 unspecified atom stereocenters. The molecule has 2 heterocycles. The number of nitrogens with zero attached hydrogens (tertiary/aromatic N) is 2. The van der Waals surface area contributed by atoms with Gasteiger partial charge >= 0.3 is 5.69 Å². The van der Waals surface area contributed by atoms with E-state index in [9.17, 15) is 4.79 Å². The monoisotopic (exact) mass is 257 g/mol. The predicted molar refractivity (Wildman–Crippen MR) is 74.1 cm³/mol. The molecule has 0 saturated heterocycles. The highest BCUT2D eigenvalue weighted by molar-refractivity contribution is 5.78. The molecule has 6 nitrogen and oxygen atoms in total. The molecule has 98 valence electrons. The van der Waals surface area contributed by atoms with Crippen LogP contribution < -0.4 is 11.0 Å². The fraction of sp³-hybridized carbons (Fsp3) is 0.231. The van der Waals surface area contributed by atoms with Crippen LogP contribution in [-0.4, -0.2) is 19.5 Å². The fourth-order valence-corrected chi connectivity index (χ4v) is 2.12.